The maximum absolute atomic E-state index is 14.3. The van der Waals surface area contributed by atoms with Gasteiger partial charge in [0, 0.05) is 12.0 Å². The number of halogens is 7. The highest BCUT2D eigenvalue weighted by atomic mass is 19.4. The fraction of sp³-hybridized carbons (Fsp3) is 0.375. The Kier molecular flexibility index (Phi) is 7.26. The van der Waals surface area contributed by atoms with Crippen molar-refractivity contribution in [1.82, 2.24) is 35.4 Å². The Morgan fingerprint density at radius 1 is 0.947 bits per heavy atom. The molecule has 0 saturated heterocycles. The average molecular weight is 541 g/mol. The molecule has 7 nitrogen and oxygen atoms in total. The lowest BCUT2D eigenvalue weighted by molar-refractivity contribution is -0.361. The number of benzene rings is 2. The summed E-state index contributed by atoms with van der Waals surface area (Å²) >= 11 is 0. The summed E-state index contributed by atoms with van der Waals surface area (Å²) in [7, 11) is 0. The van der Waals surface area contributed by atoms with Gasteiger partial charge in [0.1, 0.15) is 5.82 Å². The molecule has 2 aromatic heterocycles. The van der Waals surface area contributed by atoms with Gasteiger partial charge in [-0.05, 0) is 40.8 Å². The molecule has 0 aliphatic rings. The number of tetrazole rings is 1. The molecular formula is C24H22F7N7. The number of hydrogen-bond donors (Lipinski definition) is 1. The predicted molar refractivity (Wildman–Crippen MR) is 122 cm³/mol. The van der Waals surface area contributed by atoms with E-state index in [1.54, 1.807) is 31.2 Å². The lowest BCUT2D eigenvalue weighted by Crippen LogP contribution is -2.50. The fourth-order valence-corrected chi connectivity index (χ4v) is 3.91. The first-order chi connectivity index (χ1) is 17.9. The number of rotatable bonds is 9. The minimum atomic E-state index is -6.47. The molecule has 0 atom stereocenters. The van der Waals surface area contributed by atoms with Crippen LogP contribution in [0.4, 0.5) is 30.7 Å². The Morgan fingerprint density at radius 2 is 1.66 bits per heavy atom. The predicted octanol–water partition coefficient (Wildman–Crippen LogP) is 6.11. The van der Waals surface area contributed by atoms with Crippen LogP contribution in [0.25, 0.3) is 22.5 Å². The van der Waals surface area contributed by atoms with E-state index in [0.717, 1.165) is 26.9 Å². The summed E-state index contributed by atoms with van der Waals surface area (Å²) in [5.41, 5.74) is 3.78. The zero-order valence-corrected chi connectivity index (χ0v) is 20.2. The first-order valence-electron chi connectivity index (χ1n) is 11.6. The molecule has 2 aromatic carbocycles. The zero-order valence-electron chi connectivity index (χ0n) is 20.2. The van der Waals surface area contributed by atoms with Crippen molar-refractivity contribution in [3.05, 3.63) is 65.2 Å². The van der Waals surface area contributed by atoms with E-state index in [1.165, 1.54) is 0 Å². The van der Waals surface area contributed by atoms with Crippen molar-refractivity contribution < 1.29 is 30.7 Å². The monoisotopic (exact) mass is 541 g/mol. The Balaban J connectivity index is 1.66. The van der Waals surface area contributed by atoms with Crippen LogP contribution in [0.3, 0.4) is 0 Å². The van der Waals surface area contributed by atoms with Gasteiger partial charge in [-0.1, -0.05) is 55.8 Å². The quantitative estimate of drug-likeness (QED) is 0.258. The molecule has 0 saturated carbocycles. The minimum absolute atomic E-state index is 0.0760. The summed E-state index contributed by atoms with van der Waals surface area (Å²) in [5.74, 6) is -13.6. The highest BCUT2D eigenvalue weighted by Gasteiger charge is 2.75. The molecule has 0 aliphatic carbocycles. The maximum Gasteiger partial charge on any atom is 0.460 e. The molecule has 0 amide bonds. The molecule has 4 rings (SSSR count). The Hall–Kier alpha value is -3.84. The summed E-state index contributed by atoms with van der Waals surface area (Å²) in [6, 6.07) is 12.5. The van der Waals surface area contributed by atoms with E-state index in [2.05, 4.69) is 30.7 Å². The normalized spacial score (nSPS) is 12.8. The second kappa shape index (κ2) is 10.1. The standard InChI is InChI=1S/C24H22F7N7/c1-3-4-8-18-32-21(22(25,26)23(27,28)24(29,30)31)35-38(18)13-15-9-11-16(12-10-15)17-7-5-6-14(2)19(17)20-33-36-37-34-20/h5-7,9-12H,3-4,8,13H2,1-2H3,(H,33,34,36,37). The lowest BCUT2D eigenvalue weighted by Gasteiger charge is -2.25. The second-order valence-corrected chi connectivity index (χ2v) is 8.69. The number of hydrogen-bond acceptors (Lipinski definition) is 5. The molecule has 14 heteroatoms. The SMILES string of the molecule is CCCCc1nc(C(F)(F)C(F)(F)C(F)(F)F)nn1Cc1ccc(-c2cccc(C)c2-c2nn[nH]n2)cc1. The average Bonchev–Trinajstić information content (AvgIpc) is 3.53. The van der Waals surface area contributed by atoms with Gasteiger partial charge in [0.05, 0.1) is 6.54 Å². The van der Waals surface area contributed by atoms with Gasteiger partial charge in [-0.3, -0.25) is 0 Å². The van der Waals surface area contributed by atoms with Crippen molar-refractivity contribution >= 4 is 0 Å². The third kappa shape index (κ3) is 4.98. The van der Waals surface area contributed by atoms with Crippen LogP contribution in [-0.4, -0.2) is 47.5 Å². The van der Waals surface area contributed by atoms with Crippen LogP contribution in [0.1, 0.15) is 42.5 Å². The number of nitrogens with one attached hydrogen (secondary N) is 1. The van der Waals surface area contributed by atoms with Crippen LogP contribution < -0.4 is 0 Å². The van der Waals surface area contributed by atoms with Crippen LogP contribution in [0.5, 0.6) is 0 Å². The first-order valence-corrected chi connectivity index (χ1v) is 11.6. The van der Waals surface area contributed by atoms with Crippen LogP contribution in [-0.2, 0) is 18.9 Å². The number of aromatic nitrogens is 7. The molecule has 2 heterocycles. The third-order valence-corrected chi connectivity index (χ3v) is 5.97. The van der Waals surface area contributed by atoms with E-state index in [1.807, 2.05) is 25.1 Å². The fourth-order valence-electron chi connectivity index (χ4n) is 3.91. The number of aryl methyl sites for hydroxylation is 2. The molecule has 1 N–H and O–H groups in total. The molecule has 0 unspecified atom stereocenters. The molecule has 38 heavy (non-hydrogen) atoms. The Labute approximate surface area is 212 Å². The van der Waals surface area contributed by atoms with Crippen LogP contribution >= 0.6 is 0 Å². The highest BCUT2D eigenvalue weighted by molar-refractivity contribution is 5.82. The number of unbranched alkanes of at least 4 members (excludes halogenated alkanes) is 1. The van der Waals surface area contributed by atoms with Crippen molar-refractivity contribution in [2.75, 3.05) is 0 Å². The van der Waals surface area contributed by atoms with E-state index in [-0.39, 0.29) is 18.8 Å². The smallest absolute Gasteiger partial charge is 0.245 e. The van der Waals surface area contributed by atoms with Crippen LogP contribution in [0, 0.1) is 6.92 Å². The van der Waals surface area contributed by atoms with Gasteiger partial charge in [-0.15, -0.1) is 15.3 Å². The van der Waals surface area contributed by atoms with E-state index in [9.17, 15) is 30.7 Å². The molecule has 0 aliphatic heterocycles. The Bertz CT molecular complexity index is 1380. The first kappa shape index (κ1) is 27.2. The molecular weight excluding hydrogens is 519 g/mol. The Morgan fingerprint density at radius 3 is 2.26 bits per heavy atom. The van der Waals surface area contributed by atoms with Crippen molar-refractivity contribution in [1.29, 1.82) is 0 Å². The van der Waals surface area contributed by atoms with Gasteiger partial charge < -0.3 is 0 Å². The van der Waals surface area contributed by atoms with Gasteiger partial charge in [-0.2, -0.15) is 35.9 Å². The van der Waals surface area contributed by atoms with Crippen molar-refractivity contribution in [2.24, 2.45) is 0 Å². The number of alkyl halides is 7. The second-order valence-electron chi connectivity index (χ2n) is 8.69. The molecule has 0 radical (unpaired) electrons. The van der Waals surface area contributed by atoms with E-state index >= 15 is 0 Å². The number of nitrogens with zero attached hydrogens (tertiary/aromatic N) is 6. The largest absolute Gasteiger partial charge is 0.460 e. The van der Waals surface area contributed by atoms with Crippen LogP contribution in [0.2, 0.25) is 0 Å². The van der Waals surface area contributed by atoms with Gasteiger partial charge in [0.25, 0.3) is 0 Å². The summed E-state index contributed by atoms with van der Waals surface area (Å²) in [4.78, 5) is 3.41. The third-order valence-electron chi connectivity index (χ3n) is 5.97. The van der Waals surface area contributed by atoms with Gasteiger partial charge >= 0.3 is 18.0 Å². The molecule has 0 bridgehead atoms. The van der Waals surface area contributed by atoms with E-state index in [0.29, 0.717) is 24.2 Å². The summed E-state index contributed by atoms with van der Waals surface area (Å²) < 4.78 is 94.8. The topological polar surface area (TPSA) is 85.2 Å². The molecule has 202 valence electrons. The summed E-state index contributed by atoms with van der Waals surface area (Å²) in [6.07, 6.45) is -5.33. The molecule has 0 spiro atoms. The van der Waals surface area contributed by atoms with E-state index < -0.39 is 23.8 Å². The van der Waals surface area contributed by atoms with Gasteiger partial charge in [0.15, 0.2) is 0 Å². The molecule has 0 fully saturated rings. The van der Waals surface area contributed by atoms with Crippen LogP contribution in [0.15, 0.2) is 42.5 Å². The zero-order chi connectivity index (χ0) is 27.7. The summed E-state index contributed by atoms with van der Waals surface area (Å²) in [6.45, 7) is 3.54. The van der Waals surface area contributed by atoms with Crippen molar-refractivity contribution in [2.45, 2.75) is 57.7 Å². The van der Waals surface area contributed by atoms with Crippen molar-refractivity contribution in [3.8, 4) is 22.5 Å². The van der Waals surface area contributed by atoms with E-state index in [4.69, 9.17) is 0 Å². The number of H-pyrrole nitrogens is 1. The number of aromatic amines is 1. The maximum atomic E-state index is 14.3. The lowest BCUT2D eigenvalue weighted by atomic mass is 9.95. The van der Waals surface area contributed by atoms with Crippen molar-refractivity contribution in [3.63, 3.8) is 0 Å². The molecule has 4 aromatic rings. The van der Waals surface area contributed by atoms with Gasteiger partial charge in [0.2, 0.25) is 11.6 Å². The van der Waals surface area contributed by atoms with Gasteiger partial charge in [-0.25, -0.2) is 9.67 Å². The minimum Gasteiger partial charge on any atom is -0.245 e. The highest BCUT2D eigenvalue weighted by Crippen LogP contribution is 2.51. The summed E-state index contributed by atoms with van der Waals surface area (Å²) in [5, 5.41) is 17.5.